The topological polar surface area (TPSA) is 133 Å². The Bertz CT molecular complexity index is 838. The van der Waals surface area contributed by atoms with E-state index in [1.54, 1.807) is 6.07 Å². The first kappa shape index (κ1) is 20.5. The monoisotopic (exact) mass is 390 g/mol. The van der Waals surface area contributed by atoms with Crippen molar-refractivity contribution in [3.63, 3.8) is 0 Å². The Morgan fingerprint density at radius 3 is 2.25 bits per heavy atom. The molecule has 3 amide bonds. The lowest BCUT2D eigenvalue weighted by molar-refractivity contribution is -0.147. The van der Waals surface area contributed by atoms with Gasteiger partial charge in [-0.15, -0.1) is 0 Å². The Morgan fingerprint density at radius 1 is 1.00 bits per heavy atom. The average molecular weight is 390 g/mol. The molecule has 148 valence electrons. The summed E-state index contributed by atoms with van der Waals surface area (Å²) in [7, 11) is 2.88. The molecule has 0 bridgehead atoms. The van der Waals surface area contributed by atoms with E-state index in [-0.39, 0.29) is 11.3 Å². The van der Waals surface area contributed by atoms with Crippen LogP contribution in [0.1, 0.15) is 20.9 Å². The third-order valence-electron chi connectivity index (χ3n) is 3.37. The van der Waals surface area contributed by atoms with E-state index in [0.717, 1.165) is 0 Å². The summed E-state index contributed by atoms with van der Waals surface area (Å²) in [5.74, 6) is -2.25. The second-order valence-electron chi connectivity index (χ2n) is 5.30. The Kier molecular flexibility index (Phi) is 7.14. The van der Waals surface area contributed by atoms with Gasteiger partial charge in [0.2, 0.25) is 0 Å². The van der Waals surface area contributed by atoms with Crippen LogP contribution in [0.3, 0.4) is 0 Å². The Hall–Kier alpha value is -3.82. The fourth-order valence-electron chi connectivity index (χ4n) is 2.02. The number of rotatable bonds is 8. The highest BCUT2D eigenvalue weighted by Gasteiger charge is 2.15. The molecule has 0 radical (unpaired) electrons. The van der Waals surface area contributed by atoms with Crippen molar-refractivity contribution in [2.75, 3.05) is 27.4 Å². The highest BCUT2D eigenvalue weighted by molar-refractivity contribution is 6.03. The number of methoxy groups -OCH3 is 2. The van der Waals surface area contributed by atoms with Gasteiger partial charge in [-0.2, -0.15) is 0 Å². The summed E-state index contributed by atoms with van der Waals surface area (Å²) < 4.78 is 19.7. The summed E-state index contributed by atoms with van der Waals surface area (Å²) in [5.41, 5.74) is 0.214. The number of nitrogens with one attached hydrogen (secondary N) is 2. The van der Waals surface area contributed by atoms with Gasteiger partial charge in [-0.3, -0.25) is 24.5 Å². The lowest BCUT2D eigenvalue weighted by atomic mass is 10.2. The predicted molar refractivity (Wildman–Crippen MR) is 94.0 cm³/mol. The molecular weight excluding hydrogens is 372 g/mol. The minimum absolute atomic E-state index is 0.0549. The van der Waals surface area contributed by atoms with Crippen LogP contribution in [-0.2, 0) is 14.3 Å². The third kappa shape index (κ3) is 5.87. The van der Waals surface area contributed by atoms with Gasteiger partial charge in [0.05, 0.1) is 20.5 Å². The van der Waals surface area contributed by atoms with Gasteiger partial charge in [0.15, 0.2) is 12.4 Å². The lowest BCUT2D eigenvalue weighted by Gasteiger charge is -2.09. The van der Waals surface area contributed by atoms with E-state index >= 15 is 0 Å². The molecule has 2 rings (SSSR count). The van der Waals surface area contributed by atoms with Gasteiger partial charge in [0.1, 0.15) is 18.0 Å². The maximum Gasteiger partial charge on any atom is 0.325 e. The molecule has 0 unspecified atom stereocenters. The van der Waals surface area contributed by atoms with Crippen LogP contribution in [0.5, 0.6) is 11.5 Å². The number of ether oxygens (including phenoxy) is 3. The van der Waals surface area contributed by atoms with E-state index < -0.39 is 36.8 Å². The van der Waals surface area contributed by atoms with Crippen LogP contribution in [0.15, 0.2) is 41.0 Å². The minimum Gasteiger partial charge on any atom is -0.497 e. The van der Waals surface area contributed by atoms with Crippen LogP contribution in [-0.4, -0.2) is 51.1 Å². The number of carbonyl (C=O) groups excluding carboxylic acids is 4. The summed E-state index contributed by atoms with van der Waals surface area (Å²) in [4.78, 5) is 47.0. The Labute approximate surface area is 159 Å². The van der Waals surface area contributed by atoms with Crippen LogP contribution in [0.25, 0.3) is 0 Å². The highest BCUT2D eigenvalue weighted by Crippen LogP contribution is 2.22. The number of benzene rings is 1. The fraction of sp³-hybridized carbons (Fsp3) is 0.222. The molecule has 10 heteroatoms. The fourth-order valence-corrected chi connectivity index (χ4v) is 2.02. The van der Waals surface area contributed by atoms with Crippen molar-refractivity contribution >= 4 is 23.7 Å². The summed E-state index contributed by atoms with van der Waals surface area (Å²) in [5, 5.41) is 4.34. The van der Waals surface area contributed by atoms with Crippen LogP contribution in [0, 0.1) is 0 Å². The van der Waals surface area contributed by atoms with Crippen molar-refractivity contribution < 1.29 is 37.8 Å². The summed E-state index contributed by atoms with van der Waals surface area (Å²) in [6.45, 7) is -1.16. The SMILES string of the molecule is COc1cc(OC)cc(C(=O)NCC(=O)OCC(=O)NC(=O)c2ccco2)c1. The molecule has 0 atom stereocenters. The zero-order valence-corrected chi connectivity index (χ0v) is 15.1. The molecule has 1 heterocycles. The molecular formula is C18H18N2O8. The van der Waals surface area contributed by atoms with Crippen molar-refractivity contribution in [3.8, 4) is 11.5 Å². The minimum atomic E-state index is -0.858. The molecule has 0 aliphatic heterocycles. The van der Waals surface area contributed by atoms with Crippen molar-refractivity contribution in [2.24, 2.45) is 0 Å². The van der Waals surface area contributed by atoms with Crippen LogP contribution in [0.2, 0.25) is 0 Å². The van der Waals surface area contributed by atoms with E-state index in [4.69, 9.17) is 18.6 Å². The standard InChI is InChI=1S/C18H18N2O8/c1-25-12-6-11(7-13(8-12)26-2)17(23)19-9-16(22)28-10-15(21)20-18(24)14-4-3-5-27-14/h3-8H,9-10H2,1-2H3,(H,19,23)(H,20,21,24). The van der Waals surface area contributed by atoms with Crippen molar-refractivity contribution in [3.05, 3.63) is 47.9 Å². The van der Waals surface area contributed by atoms with E-state index in [9.17, 15) is 19.2 Å². The molecule has 0 saturated heterocycles. The lowest BCUT2D eigenvalue weighted by Crippen LogP contribution is -2.36. The molecule has 2 N–H and O–H groups in total. The molecule has 0 fully saturated rings. The normalized spacial score (nSPS) is 9.93. The van der Waals surface area contributed by atoms with Gasteiger partial charge in [-0.25, -0.2) is 0 Å². The van der Waals surface area contributed by atoms with Crippen LogP contribution >= 0.6 is 0 Å². The molecule has 1 aromatic heterocycles. The number of furan rings is 1. The second kappa shape index (κ2) is 9.76. The zero-order chi connectivity index (χ0) is 20.5. The smallest absolute Gasteiger partial charge is 0.325 e. The third-order valence-corrected chi connectivity index (χ3v) is 3.37. The summed E-state index contributed by atoms with van der Waals surface area (Å²) >= 11 is 0. The number of amides is 3. The van der Waals surface area contributed by atoms with E-state index in [0.29, 0.717) is 11.5 Å². The van der Waals surface area contributed by atoms with Gasteiger partial charge < -0.3 is 23.9 Å². The molecule has 0 saturated carbocycles. The molecule has 1 aromatic carbocycles. The molecule has 0 spiro atoms. The molecule has 28 heavy (non-hydrogen) atoms. The Morgan fingerprint density at radius 2 is 1.68 bits per heavy atom. The number of imide groups is 1. The predicted octanol–water partition coefficient (Wildman–Crippen LogP) is 0.526. The molecule has 2 aromatic rings. The number of hydrogen-bond acceptors (Lipinski definition) is 8. The first-order valence-electron chi connectivity index (χ1n) is 7.97. The van der Waals surface area contributed by atoms with Gasteiger partial charge in [-0.05, 0) is 24.3 Å². The zero-order valence-electron chi connectivity index (χ0n) is 15.1. The van der Waals surface area contributed by atoms with Crippen molar-refractivity contribution in [1.29, 1.82) is 0 Å². The number of hydrogen-bond donors (Lipinski definition) is 2. The van der Waals surface area contributed by atoms with Crippen molar-refractivity contribution in [2.45, 2.75) is 0 Å². The molecule has 0 aliphatic carbocycles. The van der Waals surface area contributed by atoms with Crippen molar-refractivity contribution in [1.82, 2.24) is 10.6 Å². The van der Waals surface area contributed by atoms with Gasteiger partial charge in [-0.1, -0.05) is 0 Å². The molecule has 10 nitrogen and oxygen atoms in total. The maximum atomic E-state index is 12.1. The Balaban J connectivity index is 1.78. The van der Waals surface area contributed by atoms with Crippen LogP contribution < -0.4 is 20.1 Å². The summed E-state index contributed by atoms with van der Waals surface area (Å²) in [6.07, 6.45) is 1.28. The molecule has 0 aliphatic rings. The van der Waals surface area contributed by atoms with E-state index in [2.05, 4.69) is 5.32 Å². The first-order chi connectivity index (χ1) is 13.4. The maximum absolute atomic E-state index is 12.1. The number of esters is 1. The van der Waals surface area contributed by atoms with Crippen LogP contribution in [0.4, 0.5) is 0 Å². The van der Waals surface area contributed by atoms with Gasteiger partial charge >= 0.3 is 5.97 Å². The first-order valence-corrected chi connectivity index (χ1v) is 7.97. The van der Waals surface area contributed by atoms with Gasteiger partial charge in [0, 0.05) is 11.6 Å². The van der Waals surface area contributed by atoms with E-state index in [1.165, 1.54) is 44.7 Å². The second-order valence-corrected chi connectivity index (χ2v) is 5.30. The quantitative estimate of drug-likeness (QED) is 0.624. The largest absolute Gasteiger partial charge is 0.497 e. The summed E-state index contributed by atoms with van der Waals surface area (Å²) in [6, 6.07) is 7.39. The number of carbonyl (C=O) groups is 4. The average Bonchev–Trinajstić information content (AvgIpc) is 3.25. The van der Waals surface area contributed by atoms with E-state index in [1.807, 2.05) is 5.32 Å². The van der Waals surface area contributed by atoms with Gasteiger partial charge in [0.25, 0.3) is 17.7 Å². The highest BCUT2D eigenvalue weighted by atomic mass is 16.5.